The second-order valence-corrected chi connectivity index (χ2v) is 7.35. The Kier molecular flexibility index (Phi) is 5.82. The molecule has 0 aromatic heterocycles. The summed E-state index contributed by atoms with van der Waals surface area (Å²) >= 11 is 0. The fraction of sp³-hybridized carbons (Fsp3) is 0.474. The molecule has 1 aromatic rings. The van der Waals surface area contributed by atoms with Crippen LogP contribution in [0, 0.1) is 11.2 Å². The lowest BCUT2D eigenvalue weighted by molar-refractivity contribution is -0.120. The molecule has 1 aliphatic heterocycles. The first-order chi connectivity index (χ1) is 11.7. The molecule has 0 saturated carbocycles. The predicted octanol–water partition coefficient (Wildman–Crippen LogP) is 2.37. The number of carbonyl (C=O) groups excluding carboxylic acids is 2. The van der Waals surface area contributed by atoms with Crippen LogP contribution in [0.25, 0.3) is 0 Å². The van der Waals surface area contributed by atoms with Gasteiger partial charge in [-0.1, -0.05) is 32.4 Å². The maximum atomic E-state index is 14.4. The number of hydrogen-bond donors (Lipinski definition) is 2. The van der Waals surface area contributed by atoms with Gasteiger partial charge in [-0.3, -0.25) is 9.59 Å². The lowest BCUT2D eigenvalue weighted by atomic mass is 9.87. The van der Waals surface area contributed by atoms with Crippen LogP contribution in [0.1, 0.15) is 33.3 Å². The van der Waals surface area contributed by atoms with Crippen LogP contribution in [0.5, 0.6) is 0 Å². The first kappa shape index (κ1) is 19.0. The first-order valence-corrected chi connectivity index (χ1v) is 8.43. The fourth-order valence-corrected chi connectivity index (χ4v) is 2.41. The van der Waals surface area contributed by atoms with Crippen LogP contribution < -0.4 is 15.5 Å². The molecular weight excluding hydrogens is 321 g/mol. The van der Waals surface area contributed by atoms with E-state index in [0.29, 0.717) is 24.3 Å². The predicted molar refractivity (Wildman–Crippen MR) is 96.7 cm³/mol. The number of halogens is 1. The number of amides is 2. The van der Waals surface area contributed by atoms with Crippen molar-refractivity contribution in [3.05, 3.63) is 41.2 Å². The number of rotatable bonds is 4. The van der Waals surface area contributed by atoms with Crippen molar-refractivity contribution in [1.29, 1.82) is 0 Å². The van der Waals surface area contributed by atoms with Crippen molar-refractivity contribution in [3.63, 3.8) is 0 Å². The molecule has 5 nitrogen and oxygen atoms in total. The monoisotopic (exact) mass is 347 g/mol. The zero-order valence-electron chi connectivity index (χ0n) is 15.3. The molecule has 2 N–H and O–H groups in total. The molecule has 0 spiro atoms. The van der Waals surface area contributed by atoms with Crippen LogP contribution in [0.4, 0.5) is 10.1 Å². The Bertz CT molecular complexity index is 692. The van der Waals surface area contributed by atoms with Gasteiger partial charge in [-0.25, -0.2) is 4.39 Å². The van der Waals surface area contributed by atoms with Crippen molar-refractivity contribution in [3.8, 4) is 0 Å². The van der Waals surface area contributed by atoms with Crippen molar-refractivity contribution < 1.29 is 14.0 Å². The van der Waals surface area contributed by atoms with Gasteiger partial charge in [0.1, 0.15) is 5.82 Å². The lowest BCUT2D eigenvalue weighted by Crippen LogP contribution is -2.48. The van der Waals surface area contributed by atoms with Gasteiger partial charge in [0.25, 0.3) is 0 Å². The molecule has 0 unspecified atom stereocenters. The largest absolute Gasteiger partial charge is 0.358 e. The quantitative estimate of drug-likeness (QED) is 0.822. The number of nitrogens with zero attached hydrogens (tertiary/aromatic N) is 1. The SMILES string of the molecule is CC(=CC(=O)NCc1ccc(N2CCNC(=O)C2)c(F)c1)C(C)(C)C. The topological polar surface area (TPSA) is 61.4 Å². The Morgan fingerprint density at radius 2 is 2.12 bits per heavy atom. The highest BCUT2D eigenvalue weighted by Gasteiger charge is 2.19. The summed E-state index contributed by atoms with van der Waals surface area (Å²) in [5, 5.41) is 5.49. The molecule has 1 heterocycles. The standard InChI is InChI=1S/C19H26FN3O2/c1-13(19(2,3)4)9-17(24)22-11-14-5-6-16(15(20)10-14)23-8-7-21-18(25)12-23/h5-6,9-10H,7-8,11-12H2,1-4H3,(H,21,25)(H,22,24). The third-order valence-electron chi connectivity index (χ3n) is 4.39. The summed E-state index contributed by atoms with van der Waals surface area (Å²) in [6, 6.07) is 4.83. The number of piperazine rings is 1. The van der Waals surface area contributed by atoms with Gasteiger partial charge in [-0.2, -0.15) is 0 Å². The third-order valence-corrected chi connectivity index (χ3v) is 4.39. The molecule has 1 aromatic carbocycles. The Hall–Kier alpha value is -2.37. The summed E-state index contributed by atoms with van der Waals surface area (Å²) in [6.07, 6.45) is 1.58. The summed E-state index contributed by atoms with van der Waals surface area (Å²) < 4.78 is 14.4. The van der Waals surface area contributed by atoms with Gasteiger partial charge < -0.3 is 15.5 Å². The van der Waals surface area contributed by atoms with E-state index >= 15 is 0 Å². The highest BCUT2D eigenvalue weighted by atomic mass is 19.1. The molecule has 0 radical (unpaired) electrons. The van der Waals surface area contributed by atoms with E-state index < -0.39 is 0 Å². The second kappa shape index (κ2) is 7.68. The highest BCUT2D eigenvalue weighted by Crippen LogP contribution is 2.24. The van der Waals surface area contributed by atoms with Gasteiger partial charge in [0, 0.05) is 25.7 Å². The van der Waals surface area contributed by atoms with Gasteiger partial charge in [0.2, 0.25) is 11.8 Å². The zero-order valence-corrected chi connectivity index (χ0v) is 15.3. The van der Waals surface area contributed by atoms with Crippen LogP contribution in [0.15, 0.2) is 29.8 Å². The molecule has 1 fully saturated rings. The molecule has 6 heteroatoms. The van der Waals surface area contributed by atoms with Crippen LogP contribution in [0.2, 0.25) is 0 Å². The molecule has 2 amide bonds. The van der Waals surface area contributed by atoms with Crippen molar-refractivity contribution in [2.75, 3.05) is 24.5 Å². The average Bonchev–Trinajstić information content (AvgIpc) is 2.52. The normalized spacial score (nSPS) is 15.8. The molecular formula is C19H26FN3O2. The number of benzene rings is 1. The van der Waals surface area contributed by atoms with Crippen LogP contribution in [-0.2, 0) is 16.1 Å². The van der Waals surface area contributed by atoms with Crippen LogP contribution in [0.3, 0.4) is 0 Å². The molecule has 25 heavy (non-hydrogen) atoms. The van der Waals surface area contributed by atoms with Gasteiger partial charge >= 0.3 is 0 Å². The maximum Gasteiger partial charge on any atom is 0.244 e. The maximum absolute atomic E-state index is 14.4. The van der Waals surface area contributed by atoms with Crippen molar-refractivity contribution in [2.45, 2.75) is 34.2 Å². The minimum atomic E-state index is -0.386. The summed E-state index contributed by atoms with van der Waals surface area (Å²) in [5.41, 5.74) is 2.01. The van der Waals surface area contributed by atoms with E-state index in [4.69, 9.17) is 0 Å². The van der Waals surface area contributed by atoms with Crippen LogP contribution in [-0.4, -0.2) is 31.4 Å². The second-order valence-electron chi connectivity index (χ2n) is 7.35. The van der Waals surface area contributed by atoms with Gasteiger partial charge in [-0.05, 0) is 30.0 Å². The van der Waals surface area contributed by atoms with E-state index in [-0.39, 0.29) is 36.1 Å². The smallest absolute Gasteiger partial charge is 0.244 e. The Labute approximate surface area is 148 Å². The van der Waals surface area contributed by atoms with Crippen molar-refractivity contribution in [1.82, 2.24) is 10.6 Å². The minimum Gasteiger partial charge on any atom is -0.358 e. The summed E-state index contributed by atoms with van der Waals surface area (Å²) in [4.78, 5) is 25.1. The fourth-order valence-electron chi connectivity index (χ4n) is 2.41. The molecule has 0 atom stereocenters. The summed E-state index contributed by atoms with van der Waals surface area (Å²) in [6.45, 7) is 9.55. The molecule has 0 aliphatic carbocycles. The zero-order chi connectivity index (χ0) is 18.6. The summed E-state index contributed by atoms with van der Waals surface area (Å²) in [7, 11) is 0. The van der Waals surface area contributed by atoms with Gasteiger partial charge in [-0.15, -0.1) is 0 Å². The van der Waals surface area contributed by atoms with E-state index in [1.807, 2.05) is 27.7 Å². The molecule has 0 bridgehead atoms. The van der Waals surface area contributed by atoms with E-state index in [9.17, 15) is 14.0 Å². The van der Waals surface area contributed by atoms with E-state index in [0.717, 1.165) is 5.57 Å². The first-order valence-electron chi connectivity index (χ1n) is 8.43. The number of anilines is 1. The minimum absolute atomic E-state index is 0.0637. The van der Waals surface area contributed by atoms with Gasteiger partial charge in [0.15, 0.2) is 0 Å². The lowest BCUT2D eigenvalue weighted by Gasteiger charge is -2.29. The third kappa shape index (κ3) is 5.31. The van der Waals surface area contributed by atoms with E-state index in [2.05, 4.69) is 10.6 Å². The Morgan fingerprint density at radius 1 is 1.40 bits per heavy atom. The van der Waals surface area contributed by atoms with E-state index in [1.54, 1.807) is 23.1 Å². The molecule has 136 valence electrons. The van der Waals surface area contributed by atoms with Crippen molar-refractivity contribution >= 4 is 17.5 Å². The van der Waals surface area contributed by atoms with Crippen LogP contribution >= 0.6 is 0 Å². The van der Waals surface area contributed by atoms with Crippen molar-refractivity contribution in [2.24, 2.45) is 5.41 Å². The van der Waals surface area contributed by atoms with E-state index in [1.165, 1.54) is 6.07 Å². The Balaban J connectivity index is 1.99. The number of hydrogen-bond acceptors (Lipinski definition) is 3. The Morgan fingerprint density at radius 3 is 2.72 bits per heavy atom. The van der Waals surface area contributed by atoms with Gasteiger partial charge in [0.05, 0.1) is 12.2 Å². The average molecular weight is 347 g/mol. The molecule has 1 aliphatic rings. The number of carbonyl (C=O) groups is 2. The molecule has 1 saturated heterocycles. The number of allylic oxidation sites excluding steroid dienone is 1. The number of nitrogens with one attached hydrogen (secondary N) is 2. The molecule has 2 rings (SSSR count). The highest BCUT2D eigenvalue weighted by molar-refractivity contribution is 5.88. The summed E-state index contributed by atoms with van der Waals surface area (Å²) in [5.74, 6) is -0.685.